The number of carbonyl (C=O) groups is 1. The van der Waals surface area contributed by atoms with Crippen LogP contribution >= 0.6 is 11.6 Å². The number of nitrogens with zero attached hydrogens (tertiary/aromatic N) is 1. The zero-order valence-corrected chi connectivity index (χ0v) is 15.8. The predicted molar refractivity (Wildman–Crippen MR) is 100 cm³/mol. The van der Waals surface area contributed by atoms with Gasteiger partial charge < -0.3 is 14.7 Å². The highest BCUT2D eigenvalue weighted by Crippen LogP contribution is 2.40. The summed E-state index contributed by atoms with van der Waals surface area (Å²) in [5.74, 6) is -1.56. The third kappa shape index (κ3) is 4.52. The summed E-state index contributed by atoms with van der Waals surface area (Å²) < 4.78 is 45.2. The second-order valence-electron chi connectivity index (χ2n) is 6.84. The Labute approximate surface area is 165 Å². The quantitative estimate of drug-likeness (QED) is 0.685. The molecular weight excluding hydrogens is 395 g/mol. The number of anilines is 1. The first-order chi connectivity index (χ1) is 13.1. The number of aliphatic carboxylic acids is 1. The highest BCUT2D eigenvalue weighted by Gasteiger charge is 2.47. The van der Waals surface area contributed by atoms with Crippen LogP contribution in [0.2, 0.25) is 5.02 Å². The standard InChI is InChI=1S/C20H19ClF3NO3/c1-12-17(21)3-2-4-18(12)28-16-7-5-14(6-8-16)25-11-13(20(22,23)24)9-15(25)10-19(26)27/h2-8,13,15H,9-11H2,1H3,(H,26,27). The van der Waals surface area contributed by atoms with E-state index in [0.717, 1.165) is 5.56 Å². The number of hydrogen-bond acceptors (Lipinski definition) is 3. The third-order valence-electron chi connectivity index (χ3n) is 4.90. The first-order valence-electron chi connectivity index (χ1n) is 8.73. The molecule has 1 fully saturated rings. The van der Waals surface area contributed by atoms with Gasteiger partial charge in [-0.3, -0.25) is 4.79 Å². The van der Waals surface area contributed by atoms with Crippen molar-refractivity contribution in [2.24, 2.45) is 5.92 Å². The molecule has 1 N–H and O–H groups in total. The summed E-state index contributed by atoms with van der Waals surface area (Å²) >= 11 is 6.07. The van der Waals surface area contributed by atoms with Gasteiger partial charge in [-0.05, 0) is 49.7 Å². The molecule has 8 heteroatoms. The van der Waals surface area contributed by atoms with Crippen molar-refractivity contribution in [1.82, 2.24) is 0 Å². The molecule has 1 aliphatic rings. The average molecular weight is 414 g/mol. The van der Waals surface area contributed by atoms with Gasteiger partial charge in [-0.25, -0.2) is 0 Å². The van der Waals surface area contributed by atoms with Crippen LogP contribution in [0.25, 0.3) is 0 Å². The highest BCUT2D eigenvalue weighted by molar-refractivity contribution is 6.31. The highest BCUT2D eigenvalue weighted by atomic mass is 35.5. The van der Waals surface area contributed by atoms with E-state index in [-0.39, 0.29) is 19.4 Å². The number of rotatable bonds is 5. The monoisotopic (exact) mass is 413 g/mol. The first-order valence-corrected chi connectivity index (χ1v) is 9.11. The van der Waals surface area contributed by atoms with Crippen LogP contribution in [0, 0.1) is 12.8 Å². The molecule has 0 saturated carbocycles. The van der Waals surface area contributed by atoms with Gasteiger partial charge in [0.15, 0.2) is 0 Å². The van der Waals surface area contributed by atoms with Gasteiger partial charge in [-0.1, -0.05) is 17.7 Å². The normalized spacial score (nSPS) is 19.7. The molecule has 150 valence electrons. The van der Waals surface area contributed by atoms with Crippen LogP contribution in [0.3, 0.4) is 0 Å². The third-order valence-corrected chi connectivity index (χ3v) is 5.31. The summed E-state index contributed by atoms with van der Waals surface area (Å²) in [5.41, 5.74) is 1.32. The van der Waals surface area contributed by atoms with Crippen molar-refractivity contribution < 1.29 is 27.8 Å². The second kappa shape index (κ2) is 7.91. The van der Waals surface area contributed by atoms with Crippen molar-refractivity contribution in [3.8, 4) is 11.5 Å². The second-order valence-corrected chi connectivity index (χ2v) is 7.24. The smallest absolute Gasteiger partial charge is 0.393 e. The van der Waals surface area contributed by atoms with E-state index in [9.17, 15) is 18.0 Å². The van der Waals surface area contributed by atoms with E-state index < -0.39 is 24.1 Å². The molecule has 2 unspecified atom stereocenters. The van der Waals surface area contributed by atoms with Gasteiger partial charge in [0, 0.05) is 28.9 Å². The average Bonchev–Trinajstić information content (AvgIpc) is 3.03. The number of alkyl halides is 3. The van der Waals surface area contributed by atoms with E-state index >= 15 is 0 Å². The number of hydrogen-bond donors (Lipinski definition) is 1. The van der Waals surface area contributed by atoms with E-state index in [2.05, 4.69) is 0 Å². The summed E-state index contributed by atoms with van der Waals surface area (Å²) in [6, 6.07) is 11.2. The zero-order chi connectivity index (χ0) is 20.5. The number of carboxylic acid groups (broad SMARTS) is 1. The Morgan fingerprint density at radius 1 is 1.25 bits per heavy atom. The molecule has 0 amide bonds. The Kier molecular flexibility index (Phi) is 5.74. The largest absolute Gasteiger partial charge is 0.481 e. The van der Waals surface area contributed by atoms with Gasteiger partial charge in [-0.15, -0.1) is 0 Å². The van der Waals surface area contributed by atoms with Crippen LogP contribution < -0.4 is 9.64 Å². The maximum absolute atomic E-state index is 13.1. The fourth-order valence-electron chi connectivity index (χ4n) is 3.40. The molecule has 1 aliphatic heterocycles. The van der Waals surface area contributed by atoms with E-state index in [0.29, 0.717) is 22.2 Å². The minimum atomic E-state index is -4.35. The lowest BCUT2D eigenvalue weighted by atomic mass is 10.0. The van der Waals surface area contributed by atoms with Gasteiger partial charge in [-0.2, -0.15) is 13.2 Å². The van der Waals surface area contributed by atoms with Crippen molar-refractivity contribution in [3.05, 3.63) is 53.1 Å². The van der Waals surface area contributed by atoms with E-state index in [1.165, 1.54) is 4.90 Å². The Morgan fingerprint density at radius 3 is 2.54 bits per heavy atom. The molecule has 2 atom stereocenters. The minimum Gasteiger partial charge on any atom is -0.481 e. The SMILES string of the molecule is Cc1c(Cl)cccc1Oc1ccc(N2CC(C(F)(F)F)CC2CC(=O)O)cc1. The molecule has 0 radical (unpaired) electrons. The van der Waals surface area contributed by atoms with Gasteiger partial charge in [0.25, 0.3) is 0 Å². The van der Waals surface area contributed by atoms with E-state index in [1.54, 1.807) is 42.5 Å². The molecule has 1 heterocycles. The van der Waals surface area contributed by atoms with Crippen LogP contribution in [-0.4, -0.2) is 29.8 Å². The fraction of sp³-hybridized carbons (Fsp3) is 0.350. The molecule has 3 rings (SSSR count). The minimum absolute atomic E-state index is 0.226. The van der Waals surface area contributed by atoms with E-state index in [4.69, 9.17) is 21.4 Å². The summed E-state index contributed by atoms with van der Waals surface area (Å²) in [7, 11) is 0. The van der Waals surface area contributed by atoms with E-state index in [1.807, 2.05) is 6.92 Å². The first kappa shape index (κ1) is 20.3. The van der Waals surface area contributed by atoms with Crippen molar-refractivity contribution in [3.63, 3.8) is 0 Å². The lowest BCUT2D eigenvalue weighted by molar-refractivity contribution is -0.169. The fourth-order valence-corrected chi connectivity index (χ4v) is 3.56. The Balaban J connectivity index is 1.79. The summed E-state index contributed by atoms with van der Waals surface area (Å²) in [6.07, 6.45) is -4.92. The molecule has 0 spiro atoms. The molecule has 1 saturated heterocycles. The zero-order valence-electron chi connectivity index (χ0n) is 15.0. The molecular formula is C20H19ClF3NO3. The Hall–Kier alpha value is -2.41. The summed E-state index contributed by atoms with van der Waals surface area (Å²) in [6.45, 7) is 1.57. The molecule has 2 aromatic carbocycles. The van der Waals surface area contributed by atoms with Gasteiger partial charge in [0.2, 0.25) is 0 Å². The van der Waals surface area contributed by atoms with Gasteiger partial charge in [0.05, 0.1) is 12.3 Å². The summed E-state index contributed by atoms with van der Waals surface area (Å²) in [5, 5.41) is 9.62. The predicted octanol–water partition coefficient (Wildman–Crippen LogP) is 5.67. The number of halogens is 4. The van der Waals surface area contributed by atoms with Crippen LogP contribution in [0.15, 0.2) is 42.5 Å². The number of carboxylic acids is 1. The number of ether oxygens (including phenoxy) is 1. The lowest BCUT2D eigenvalue weighted by Crippen LogP contribution is -2.32. The number of benzene rings is 2. The van der Waals surface area contributed by atoms with Gasteiger partial charge >= 0.3 is 12.1 Å². The molecule has 4 nitrogen and oxygen atoms in total. The topological polar surface area (TPSA) is 49.8 Å². The van der Waals surface area contributed by atoms with Crippen molar-refractivity contribution in [2.75, 3.05) is 11.4 Å². The van der Waals surface area contributed by atoms with Gasteiger partial charge in [0.1, 0.15) is 11.5 Å². The lowest BCUT2D eigenvalue weighted by Gasteiger charge is -2.26. The maximum Gasteiger partial charge on any atom is 0.393 e. The van der Waals surface area contributed by atoms with Crippen LogP contribution in [0.4, 0.5) is 18.9 Å². The molecule has 28 heavy (non-hydrogen) atoms. The Morgan fingerprint density at radius 2 is 1.93 bits per heavy atom. The van der Waals surface area contributed by atoms with Crippen LogP contribution in [-0.2, 0) is 4.79 Å². The van der Waals surface area contributed by atoms with Crippen molar-refractivity contribution in [2.45, 2.75) is 32.0 Å². The molecule has 2 aromatic rings. The summed E-state index contributed by atoms with van der Waals surface area (Å²) in [4.78, 5) is 12.6. The van der Waals surface area contributed by atoms with Crippen molar-refractivity contribution >= 4 is 23.3 Å². The van der Waals surface area contributed by atoms with Crippen LogP contribution in [0.1, 0.15) is 18.4 Å². The molecule has 0 bridgehead atoms. The molecule has 0 aromatic heterocycles. The molecule has 0 aliphatic carbocycles. The Bertz CT molecular complexity index is 855. The van der Waals surface area contributed by atoms with Crippen LogP contribution in [0.5, 0.6) is 11.5 Å². The maximum atomic E-state index is 13.1. The van der Waals surface area contributed by atoms with Crippen molar-refractivity contribution in [1.29, 1.82) is 0 Å².